The summed E-state index contributed by atoms with van der Waals surface area (Å²) in [7, 11) is -3.60. The minimum Gasteiger partial charge on any atom is -0.349 e. The Labute approximate surface area is 125 Å². The molecular formula is C14H21FN2O3S. The Kier molecular flexibility index (Phi) is 5.71. The molecule has 21 heavy (non-hydrogen) atoms. The predicted molar refractivity (Wildman–Crippen MR) is 81.2 cm³/mol. The van der Waals surface area contributed by atoms with Crippen molar-refractivity contribution in [1.29, 1.82) is 0 Å². The highest BCUT2D eigenvalue weighted by molar-refractivity contribution is 7.92. The maximum absolute atomic E-state index is 13.6. The second-order valence-electron chi connectivity index (χ2n) is 5.22. The average molecular weight is 316 g/mol. The van der Waals surface area contributed by atoms with Gasteiger partial charge in [0.25, 0.3) is 5.91 Å². The Bertz CT molecular complexity index is 617. The first-order valence-electron chi connectivity index (χ1n) is 6.72. The van der Waals surface area contributed by atoms with Crippen LogP contribution in [0.5, 0.6) is 0 Å². The van der Waals surface area contributed by atoms with Crippen molar-refractivity contribution >= 4 is 21.6 Å². The van der Waals surface area contributed by atoms with Crippen molar-refractivity contribution < 1.29 is 17.6 Å². The van der Waals surface area contributed by atoms with Crippen LogP contribution in [0.4, 0.5) is 10.1 Å². The number of carbonyl (C=O) groups is 1. The van der Waals surface area contributed by atoms with E-state index in [1.165, 1.54) is 12.1 Å². The molecule has 0 fully saturated rings. The Balaban J connectivity index is 2.94. The van der Waals surface area contributed by atoms with Gasteiger partial charge in [0.05, 0.1) is 11.9 Å². The van der Waals surface area contributed by atoms with Gasteiger partial charge in [0.15, 0.2) is 0 Å². The molecule has 0 aliphatic rings. The second-order valence-corrected chi connectivity index (χ2v) is 6.96. The van der Waals surface area contributed by atoms with Crippen LogP contribution in [-0.2, 0) is 10.0 Å². The third kappa shape index (κ3) is 5.34. The van der Waals surface area contributed by atoms with E-state index < -0.39 is 15.8 Å². The number of rotatable bonds is 6. The maximum Gasteiger partial charge on any atom is 0.251 e. The highest BCUT2D eigenvalue weighted by Gasteiger charge is 2.16. The number of carbonyl (C=O) groups excluding carboxylic acids is 1. The molecule has 1 amide bonds. The van der Waals surface area contributed by atoms with Crippen LogP contribution in [-0.4, -0.2) is 26.6 Å². The van der Waals surface area contributed by atoms with Crippen LogP contribution in [0.2, 0.25) is 0 Å². The zero-order valence-electron chi connectivity index (χ0n) is 12.6. The van der Waals surface area contributed by atoms with Crippen LogP contribution in [0.25, 0.3) is 0 Å². The van der Waals surface area contributed by atoms with E-state index in [4.69, 9.17) is 0 Å². The monoisotopic (exact) mass is 316 g/mol. The Hall–Kier alpha value is -1.63. The van der Waals surface area contributed by atoms with Gasteiger partial charge in [-0.25, -0.2) is 12.8 Å². The third-order valence-corrected chi connectivity index (χ3v) is 3.97. The van der Waals surface area contributed by atoms with E-state index in [0.29, 0.717) is 5.92 Å². The maximum atomic E-state index is 13.6. The van der Waals surface area contributed by atoms with Crippen LogP contribution in [0.3, 0.4) is 0 Å². The molecule has 1 rings (SSSR count). The Morgan fingerprint density at radius 2 is 1.95 bits per heavy atom. The number of amides is 1. The largest absolute Gasteiger partial charge is 0.349 e. The van der Waals surface area contributed by atoms with Crippen LogP contribution in [0, 0.1) is 11.7 Å². The van der Waals surface area contributed by atoms with Crippen molar-refractivity contribution in [2.45, 2.75) is 33.2 Å². The van der Waals surface area contributed by atoms with Crippen LogP contribution >= 0.6 is 0 Å². The summed E-state index contributed by atoms with van der Waals surface area (Å²) in [6.45, 7) is 5.94. The quantitative estimate of drug-likeness (QED) is 0.846. The summed E-state index contributed by atoms with van der Waals surface area (Å²) in [5, 5.41) is 2.82. The summed E-state index contributed by atoms with van der Waals surface area (Å²) in [6, 6.07) is 3.55. The average Bonchev–Trinajstić information content (AvgIpc) is 2.38. The van der Waals surface area contributed by atoms with Gasteiger partial charge in [-0.05, 0) is 31.0 Å². The van der Waals surface area contributed by atoms with Crippen molar-refractivity contribution in [2.24, 2.45) is 5.92 Å². The van der Waals surface area contributed by atoms with Crippen molar-refractivity contribution in [3.8, 4) is 0 Å². The first-order valence-corrected chi connectivity index (χ1v) is 8.61. The molecule has 0 aliphatic heterocycles. The van der Waals surface area contributed by atoms with Crippen molar-refractivity contribution in [2.75, 3.05) is 11.0 Å². The fourth-order valence-electron chi connectivity index (χ4n) is 1.73. The minimum atomic E-state index is -3.60. The van der Waals surface area contributed by atoms with Crippen LogP contribution < -0.4 is 10.0 Å². The molecule has 1 aromatic rings. The van der Waals surface area contributed by atoms with E-state index in [-0.39, 0.29) is 23.2 Å². The molecule has 0 saturated heterocycles. The zero-order chi connectivity index (χ0) is 16.2. The van der Waals surface area contributed by atoms with Crippen LogP contribution in [0.15, 0.2) is 18.2 Å². The molecule has 2 atom stereocenters. The predicted octanol–water partition coefficient (Wildman–Crippen LogP) is 2.36. The molecular weight excluding hydrogens is 295 g/mol. The number of benzene rings is 1. The summed E-state index contributed by atoms with van der Waals surface area (Å²) in [4.78, 5) is 12.1. The molecule has 0 aliphatic carbocycles. The molecule has 0 spiro atoms. The van der Waals surface area contributed by atoms with Crippen molar-refractivity contribution in [3.05, 3.63) is 29.6 Å². The van der Waals surface area contributed by atoms with E-state index in [2.05, 4.69) is 5.32 Å². The number of hydrogen-bond acceptors (Lipinski definition) is 3. The standard InChI is InChI=1S/C14H21FN2O3S/c1-5-9(2)10(3)16-14(18)11-6-7-12(15)13(8-11)17-21(4,19)20/h6-10,17H,5H2,1-4H3,(H,16,18)/t9-,10-/m0/s1. The second kappa shape index (κ2) is 6.89. The Morgan fingerprint density at radius 1 is 1.33 bits per heavy atom. The molecule has 0 unspecified atom stereocenters. The molecule has 5 nitrogen and oxygen atoms in total. The number of halogens is 1. The lowest BCUT2D eigenvalue weighted by Gasteiger charge is -2.20. The highest BCUT2D eigenvalue weighted by atomic mass is 32.2. The molecule has 2 N–H and O–H groups in total. The fraction of sp³-hybridized carbons (Fsp3) is 0.500. The first-order chi connectivity index (χ1) is 9.64. The summed E-state index contributed by atoms with van der Waals surface area (Å²) in [6.07, 6.45) is 1.84. The van der Waals surface area contributed by atoms with Gasteiger partial charge in [0.2, 0.25) is 10.0 Å². The number of anilines is 1. The molecule has 7 heteroatoms. The summed E-state index contributed by atoms with van der Waals surface area (Å²) < 4.78 is 37.9. The van der Waals surface area contributed by atoms with Gasteiger partial charge >= 0.3 is 0 Å². The lowest BCUT2D eigenvalue weighted by atomic mass is 10.0. The lowest BCUT2D eigenvalue weighted by molar-refractivity contribution is 0.0928. The smallest absolute Gasteiger partial charge is 0.251 e. The number of sulfonamides is 1. The van der Waals surface area contributed by atoms with Crippen LogP contribution in [0.1, 0.15) is 37.6 Å². The van der Waals surface area contributed by atoms with E-state index >= 15 is 0 Å². The Morgan fingerprint density at radius 3 is 2.48 bits per heavy atom. The fourth-order valence-corrected chi connectivity index (χ4v) is 2.29. The molecule has 0 heterocycles. The summed E-state index contributed by atoms with van der Waals surface area (Å²) in [5.74, 6) is -0.783. The van der Waals surface area contributed by atoms with Gasteiger partial charge in [-0.3, -0.25) is 9.52 Å². The SMILES string of the molecule is CC[C@H](C)[C@H](C)NC(=O)c1ccc(F)c(NS(C)(=O)=O)c1. The zero-order valence-corrected chi connectivity index (χ0v) is 13.4. The van der Waals surface area contributed by atoms with E-state index in [9.17, 15) is 17.6 Å². The van der Waals surface area contributed by atoms with Crippen molar-refractivity contribution in [3.63, 3.8) is 0 Å². The summed E-state index contributed by atoms with van der Waals surface area (Å²) >= 11 is 0. The van der Waals surface area contributed by atoms with E-state index in [1.54, 1.807) is 0 Å². The van der Waals surface area contributed by atoms with E-state index in [0.717, 1.165) is 18.7 Å². The third-order valence-electron chi connectivity index (χ3n) is 3.38. The highest BCUT2D eigenvalue weighted by Crippen LogP contribution is 2.18. The molecule has 0 bridgehead atoms. The van der Waals surface area contributed by atoms with Gasteiger partial charge < -0.3 is 5.32 Å². The van der Waals surface area contributed by atoms with Gasteiger partial charge in [0, 0.05) is 11.6 Å². The summed E-state index contributed by atoms with van der Waals surface area (Å²) in [5.41, 5.74) is -0.0287. The molecule has 118 valence electrons. The van der Waals surface area contributed by atoms with Gasteiger partial charge in [0.1, 0.15) is 5.82 Å². The molecule has 0 saturated carbocycles. The normalized spacial score (nSPS) is 14.3. The molecule has 1 aromatic carbocycles. The van der Waals surface area contributed by atoms with Crippen molar-refractivity contribution in [1.82, 2.24) is 5.32 Å². The van der Waals surface area contributed by atoms with Gasteiger partial charge in [-0.15, -0.1) is 0 Å². The number of nitrogens with one attached hydrogen (secondary N) is 2. The first kappa shape index (κ1) is 17.4. The molecule has 0 aromatic heterocycles. The van der Waals surface area contributed by atoms with Gasteiger partial charge in [-0.2, -0.15) is 0 Å². The van der Waals surface area contributed by atoms with E-state index in [1.807, 2.05) is 25.5 Å². The lowest BCUT2D eigenvalue weighted by Crippen LogP contribution is -2.36. The number of hydrogen-bond donors (Lipinski definition) is 2. The minimum absolute atomic E-state index is 0.0288. The van der Waals surface area contributed by atoms with Gasteiger partial charge in [-0.1, -0.05) is 20.3 Å². The molecule has 0 radical (unpaired) electrons. The topological polar surface area (TPSA) is 75.3 Å².